The van der Waals surface area contributed by atoms with E-state index in [1.54, 1.807) is 12.1 Å². The van der Waals surface area contributed by atoms with Gasteiger partial charge in [-0.15, -0.1) is 0 Å². The third-order valence-electron chi connectivity index (χ3n) is 4.55. The lowest BCUT2D eigenvalue weighted by atomic mass is 10.1. The van der Waals surface area contributed by atoms with Crippen LogP contribution in [0.5, 0.6) is 0 Å². The van der Waals surface area contributed by atoms with Crippen LogP contribution in [-0.4, -0.2) is 57.0 Å². The number of nitrogens with zero attached hydrogens (tertiary/aromatic N) is 4. The number of esters is 1. The monoisotopic (exact) mass is 442 g/mol. The number of ether oxygens (including phenoxy) is 2. The molecule has 0 N–H and O–H groups in total. The molecule has 1 aliphatic rings. The van der Waals surface area contributed by atoms with Gasteiger partial charge in [-0.1, -0.05) is 23.5 Å². The molecule has 3 aromatic rings. The zero-order chi connectivity index (χ0) is 22.0. The highest BCUT2D eigenvalue weighted by Crippen LogP contribution is 2.22. The third kappa shape index (κ3) is 4.23. The minimum atomic E-state index is -0.779. The van der Waals surface area contributed by atoms with Gasteiger partial charge in [0.2, 0.25) is 4.96 Å². The Morgan fingerprint density at radius 2 is 1.84 bits per heavy atom. The molecule has 3 heterocycles. The van der Waals surface area contributed by atoms with E-state index in [0.717, 1.165) is 4.90 Å². The number of amides is 2. The smallest absolute Gasteiger partial charge is 0.326 e. The van der Waals surface area contributed by atoms with E-state index in [1.807, 2.05) is 6.92 Å². The Balaban J connectivity index is 1.40. The topological polar surface area (TPSA) is 120 Å². The van der Waals surface area contributed by atoms with Gasteiger partial charge < -0.3 is 9.47 Å². The van der Waals surface area contributed by atoms with E-state index < -0.39 is 29.9 Å². The maximum atomic E-state index is 12.3. The number of carbonyl (C=O) groups is 3. The zero-order valence-electron chi connectivity index (χ0n) is 16.6. The second-order valence-electron chi connectivity index (χ2n) is 6.63. The largest absolute Gasteiger partial charge is 0.458 e. The van der Waals surface area contributed by atoms with Crippen molar-refractivity contribution in [2.24, 2.45) is 0 Å². The Morgan fingerprint density at radius 1 is 1.13 bits per heavy atom. The van der Waals surface area contributed by atoms with E-state index >= 15 is 0 Å². The van der Waals surface area contributed by atoms with Crippen LogP contribution in [0.2, 0.25) is 0 Å². The summed E-state index contributed by atoms with van der Waals surface area (Å²) < 4.78 is 11.6. The molecule has 160 valence electrons. The van der Waals surface area contributed by atoms with Gasteiger partial charge in [-0.2, -0.15) is 9.61 Å². The van der Waals surface area contributed by atoms with Crippen LogP contribution in [0.25, 0.3) is 4.96 Å². The van der Waals surface area contributed by atoms with Crippen LogP contribution in [0.4, 0.5) is 0 Å². The molecule has 0 saturated heterocycles. The van der Waals surface area contributed by atoms with Gasteiger partial charge in [0.1, 0.15) is 18.2 Å². The van der Waals surface area contributed by atoms with Crippen molar-refractivity contribution >= 4 is 34.1 Å². The highest BCUT2D eigenvalue weighted by Gasteiger charge is 2.36. The standard InChI is InChI=1S/C20H18N4O6S/c1-2-29-8-7-15-22-24-16(25)9-12(21-20(24)31-15)11-30-17(26)10-23-18(27)13-5-3-4-6-14(13)19(23)28/h3-6,9H,2,7-8,10-11H2,1H3. The van der Waals surface area contributed by atoms with Crippen molar-refractivity contribution in [2.75, 3.05) is 19.8 Å². The maximum absolute atomic E-state index is 12.3. The van der Waals surface area contributed by atoms with E-state index in [2.05, 4.69) is 10.1 Å². The molecule has 4 rings (SSSR count). The summed E-state index contributed by atoms with van der Waals surface area (Å²) in [6, 6.07) is 7.59. The van der Waals surface area contributed by atoms with Crippen LogP contribution in [-0.2, 0) is 27.3 Å². The van der Waals surface area contributed by atoms with Crippen molar-refractivity contribution in [2.45, 2.75) is 20.0 Å². The second-order valence-corrected chi connectivity index (χ2v) is 7.67. The molecule has 1 aromatic carbocycles. The van der Waals surface area contributed by atoms with E-state index in [9.17, 15) is 19.2 Å². The van der Waals surface area contributed by atoms with Gasteiger partial charge in [0.25, 0.3) is 17.4 Å². The molecule has 10 nitrogen and oxygen atoms in total. The summed E-state index contributed by atoms with van der Waals surface area (Å²) in [5.74, 6) is -1.86. The molecule has 0 aliphatic carbocycles. The second kappa shape index (κ2) is 8.74. The van der Waals surface area contributed by atoms with Crippen LogP contribution < -0.4 is 5.56 Å². The SMILES string of the molecule is CCOCCc1nn2c(=O)cc(COC(=O)CN3C(=O)c4ccccc4C3=O)nc2s1. The number of rotatable bonds is 8. The van der Waals surface area contributed by atoms with Gasteiger partial charge in [0, 0.05) is 19.1 Å². The van der Waals surface area contributed by atoms with Crippen LogP contribution in [0.3, 0.4) is 0 Å². The predicted molar refractivity (Wildman–Crippen MR) is 109 cm³/mol. The molecule has 0 radical (unpaired) electrons. The van der Waals surface area contributed by atoms with Gasteiger partial charge in [0.15, 0.2) is 0 Å². The predicted octanol–water partition coefficient (Wildman–Crippen LogP) is 1.07. The lowest BCUT2D eigenvalue weighted by molar-refractivity contribution is -0.145. The molecule has 31 heavy (non-hydrogen) atoms. The average Bonchev–Trinajstić information content (AvgIpc) is 3.28. The van der Waals surface area contributed by atoms with Crippen molar-refractivity contribution in [1.29, 1.82) is 0 Å². The summed E-state index contributed by atoms with van der Waals surface area (Å²) in [5, 5.41) is 4.92. The zero-order valence-corrected chi connectivity index (χ0v) is 17.4. The fourth-order valence-electron chi connectivity index (χ4n) is 3.09. The molecule has 11 heteroatoms. The normalized spacial score (nSPS) is 13.1. The number of hydrogen-bond acceptors (Lipinski definition) is 9. The lowest BCUT2D eigenvalue weighted by Crippen LogP contribution is -2.35. The van der Waals surface area contributed by atoms with Gasteiger partial charge >= 0.3 is 5.97 Å². The molecule has 0 spiro atoms. The van der Waals surface area contributed by atoms with Crippen molar-refractivity contribution in [1.82, 2.24) is 19.5 Å². The number of aromatic nitrogens is 3. The number of hydrogen-bond donors (Lipinski definition) is 0. The molecule has 2 aromatic heterocycles. The number of imide groups is 1. The minimum Gasteiger partial charge on any atom is -0.458 e. The van der Waals surface area contributed by atoms with Crippen LogP contribution in [0.1, 0.15) is 38.3 Å². The third-order valence-corrected chi connectivity index (χ3v) is 5.52. The molecule has 0 unspecified atom stereocenters. The van der Waals surface area contributed by atoms with Crippen LogP contribution in [0.15, 0.2) is 35.1 Å². The molecule has 0 bridgehead atoms. The van der Waals surface area contributed by atoms with Gasteiger partial charge in [-0.25, -0.2) is 4.98 Å². The van der Waals surface area contributed by atoms with Crippen molar-refractivity contribution in [3.8, 4) is 0 Å². The maximum Gasteiger partial charge on any atom is 0.326 e. The first kappa shape index (κ1) is 20.8. The quantitative estimate of drug-likeness (QED) is 0.289. The summed E-state index contributed by atoms with van der Waals surface area (Å²) in [6.45, 7) is 2.20. The van der Waals surface area contributed by atoms with Crippen molar-refractivity contribution < 1.29 is 23.9 Å². The molecule has 0 saturated carbocycles. The number of fused-ring (bicyclic) bond motifs is 2. The van der Waals surface area contributed by atoms with Crippen molar-refractivity contribution in [3.63, 3.8) is 0 Å². The molecule has 1 aliphatic heterocycles. The van der Waals surface area contributed by atoms with Gasteiger partial charge in [-0.3, -0.25) is 24.1 Å². The highest BCUT2D eigenvalue weighted by atomic mass is 32.1. The Morgan fingerprint density at radius 3 is 2.52 bits per heavy atom. The fraction of sp³-hybridized carbons (Fsp3) is 0.300. The van der Waals surface area contributed by atoms with E-state index in [1.165, 1.54) is 34.1 Å². The van der Waals surface area contributed by atoms with Crippen LogP contribution >= 0.6 is 11.3 Å². The highest BCUT2D eigenvalue weighted by molar-refractivity contribution is 7.16. The molecule has 0 fully saturated rings. The molecule has 2 amide bonds. The first-order valence-electron chi connectivity index (χ1n) is 9.55. The number of benzene rings is 1. The summed E-state index contributed by atoms with van der Waals surface area (Å²) in [4.78, 5) is 54.7. The summed E-state index contributed by atoms with van der Waals surface area (Å²) in [6.07, 6.45) is 0.561. The summed E-state index contributed by atoms with van der Waals surface area (Å²) in [7, 11) is 0. The Labute approximate surface area is 180 Å². The van der Waals surface area contributed by atoms with Gasteiger partial charge in [0.05, 0.1) is 23.4 Å². The Hall–Kier alpha value is -3.44. The Bertz CT molecular complexity index is 1200. The minimum absolute atomic E-state index is 0.251. The lowest BCUT2D eigenvalue weighted by Gasteiger charge is -2.12. The summed E-state index contributed by atoms with van der Waals surface area (Å²) >= 11 is 1.25. The van der Waals surface area contributed by atoms with E-state index in [-0.39, 0.29) is 23.4 Å². The Kier molecular flexibility index (Phi) is 5.87. The van der Waals surface area contributed by atoms with Gasteiger partial charge in [-0.05, 0) is 19.1 Å². The first-order chi connectivity index (χ1) is 15.0. The number of carbonyl (C=O) groups excluding carboxylic acids is 3. The van der Waals surface area contributed by atoms with E-state index in [4.69, 9.17) is 9.47 Å². The fourth-order valence-corrected chi connectivity index (χ4v) is 3.99. The molecular formula is C20H18N4O6S. The first-order valence-corrected chi connectivity index (χ1v) is 10.4. The molecule has 0 atom stereocenters. The molecular weight excluding hydrogens is 424 g/mol. The van der Waals surface area contributed by atoms with Crippen molar-refractivity contribution in [3.05, 3.63) is 62.5 Å². The van der Waals surface area contributed by atoms with E-state index in [0.29, 0.717) is 29.6 Å². The average molecular weight is 442 g/mol. The van der Waals surface area contributed by atoms with Crippen LogP contribution in [0, 0.1) is 0 Å². The summed E-state index contributed by atoms with van der Waals surface area (Å²) in [5.41, 5.74) is 0.368.